The first-order valence-corrected chi connectivity index (χ1v) is 11.0. The van der Waals surface area contributed by atoms with Gasteiger partial charge in [-0.05, 0) is 64.2 Å². The van der Waals surface area contributed by atoms with Gasteiger partial charge in [-0.25, -0.2) is 4.98 Å². The Kier molecular flexibility index (Phi) is 6.97. The van der Waals surface area contributed by atoms with E-state index in [4.69, 9.17) is 23.2 Å². The molecule has 0 atom stereocenters. The highest BCUT2D eigenvalue weighted by atomic mass is 35.5. The lowest BCUT2D eigenvalue weighted by Crippen LogP contribution is -2.51. The minimum absolute atomic E-state index is 0.130. The Labute approximate surface area is 196 Å². The van der Waals surface area contributed by atoms with E-state index in [1.165, 1.54) is 12.1 Å². The van der Waals surface area contributed by atoms with Crippen LogP contribution >= 0.6 is 23.2 Å². The molecule has 0 bridgehead atoms. The van der Waals surface area contributed by atoms with Crippen molar-refractivity contribution in [2.45, 2.75) is 58.1 Å². The van der Waals surface area contributed by atoms with Crippen LogP contribution in [0.4, 0.5) is 5.69 Å². The van der Waals surface area contributed by atoms with Gasteiger partial charge >= 0.3 is 0 Å². The first kappa shape index (κ1) is 24.2. The molecule has 2 aromatic heterocycles. The summed E-state index contributed by atoms with van der Waals surface area (Å²) >= 11 is 11.8. The SMILES string of the molecule is Cc1c(C(=O)Nc2cc(Cl)nc(Cl)c2)c(C)n(C)c1C(=O)C(=O)NC1(C)CCC(O)CC1. The van der Waals surface area contributed by atoms with E-state index in [0.717, 1.165) is 0 Å². The van der Waals surface area contributed by atoms with Crippen molar-refractivity contribution in [3.8, 4) is 0 Å². The molecule has 0 radical (unpaired) electrons. The van der Waals surface area contributed by atoms with Crippen LogP contribution < -0.4 is 10.6 Å². The van der Waals surface area contributed by atoms with Gasteiger partial charge in [0.25, 0.3) is 17.6 Å². The lowest BCUT2D eigenvalue weighted by atomic mass is 9.82. The number of carbonyl (C=O) groups excluding carboxylic acids is 3. The molecule has 1 aliphatic carbocycles. The molecule has 0 aliphatic heterocycles. The summed E-state index contributed by atoms with van der Waals surface area (Å²) in [5, 5.41) is 15.5. The monoisotopic (exact) mass is 480 g/mol. The van der Waals surface area contributed by atoms with E-state index in [2.05, 4.69) is 15.6 Å². The van der Waals surface area contributed by atoms with Crippen molar-refractivity contribution >= 4 is 46.5 Å². The molecule has 3 N–H and O–H groups in total. The first-order chi connectivity index (χ1) is 14.9. The topological polar surface area (TPSA) is 113 Å². The highest BCUT2D eigenvalue weighted by molar-refractivity contribution is 6.43. The largest absolute Gasteiger partial charge is 0.393 e. The average Bonchev–Trinajstić information content (AvgIpc) is 2.91. The van der Waals surface area contributed by atoms with Gasteiger partial charge in [0.15, 0.2) is 0 Å². The minimum Gasteiger partial charge on any atom is -0.393 e. The number of nitrogens with one attached hydrogen (secondary N) is 2. The number of nitrogens with zero attached hydrogens (tertiary/aromatic N) is 2. The van der Waals surface area contributed by atoms with Crippen LogP contribution in [0, 0.1) is 13.8 Å². The number of halogens is 2. The van der Waals surface area contributed by atoms with E-state index >= 15 is 0 Å². The summed E-state index contributed by atoms with van der Waals surface area (Å²) < 4.78 is 1.55. The van der Waals surface area contributed by atoms with E-state index in [9.17, 15) is 19.5 Å². The molecule has 1 aliphatic rings. The molecule has 1 saturated carbocycles. The predicted octanol–water partition coefficient (Wildman–Crippen LogP) is 3.59. The quantitative estimate of drug-likeness (QED) is 0.343. The molecule has 8 nitrogen and oxygen atoms in total. The van der Waals surface area contributed by atoms with Crippen LogP contribution in [-0.4, -0.2) is 43.9 Å². The van der Waals surface area contributed by atoms with Crippen molar-refractivity contribution in [2.75, 3.05) is 5.32 Å². The van der Waals surface area contributed by atoms with Crippen LogP contribution in [0.5, 0.6) is 0 Å². The molecular formula is C22H26Cl2N4O4. The maximum Gasteiger partial charge on any atom is 0.294 e. The summed E-state index contributed by atoms with van der Waals surface area (Å²) in [4.78, 5) is 42.6. The van der Waals surface area contributed by atoms with E-state index in [0.29, 0.717) is 48.2 Å². The van der Waals surface area contributed by atoms with Crippen molar-refractivity contribution in [1.82, 2.24) is 14.9 Å². The lowest BCUT2D eigenvalue weighted by molar-refractivity contribution is -0.119. The standard InChI is InChI=1S/C22H26Cl2N4O4/c1-11-17(20(31)25-13-9-15(23)26-16(24)10-13)12(2)28(4)18(11)19(30)21(32)27-22(3)7-5-14(29)6-8-22/h9-10,14,29H,5-8H2,1-4H3,(H,27,32)(H,25,26,31). The zero-order chi connectivity index (χ0) is 23.8. The summed E-state index contributed by atoms with van der Waals surface area (Å²) in [5.74, 6) is -1.90. The molecule has 2 heterocycles. The smallest absolute Gasteiger partial charge is 0.294 e. The fourth-order valence-corrected chi connectivity index (χ4v) is 4.63. The third-order valence-corrected chi connectivity index (χ3v) is 6.46. The van der Waals surface area contributed by atoms with Gasteiger partial charge in [0.1, 0.15) is 10.3 Å². The van der Waals surface area contributed by atoms with E-state index in [-0.39, 0.29) is 22.1 Å². The zero-order valence-corrected chi connectivity index (χ0v) is 19.9. The summed E-state index contributed by atoms with van der Waals surface area (Å²) in [7, 11) is 1.64. The van der Waals surface area contributed by atoms with Gasteiger partial charge in [0.05, 0.1) is 17.4 Å². The number of pyridine rings is 1. The molecule has 2 aromatic rings. The molecule has 32 heavy (non-hydrogen) atoms. The van der Waals surface area contributed by atoms with Crippen molar-refractivity contribution < 1.29 is 19.5 Å². The number of hydrogen-bond acceptors (Lipinski definition) is 5. The van der Waals surface area contributed by atoms with Crippen molar-refractivity contribution in [1.29, 1.82) is 0 Å². The van der Waals surface area contributed by atoms with Gasteiger partial charge in [0.2, 0.25) is 0 Å². The number of aromatic nitrogens is 2. The third-order valence-electron chi connectivity index (χ3n) is 6.07. The summed E-state index contributed by atoms with van der Waals surface area (Å²) in [5.41, 5.74) is 1.18. The number of aliphatic hydroxyl groups excluding tert-OH is 1. The van der Waals surface area contributed by atoms with Crippen LogP contribution in [-0.2, 0) is 11.8 Å². The summed E-state index contributed by atoms with van der Waals surface area (Å²) in [6.07, 6.45) is 1.94. The van der Waals surface area contributed by atoms with Gasteiger partial charge in [0, 0.05) is 24.0 Å². The average molecular weight is 481 g/mol. The van der Waals surface area contributed by atoms with Crippen molar-refractivity contribution in [3.05, 3.63) is 45.0 Å². The fraction of sp³-hybridized carbons (Fsp3) is 0.455. The number of hydrogen-bond donors (Lipinski definition) is 3. The molecule has 0 saturated heterocycles. The molecule has 1 fully saturated rings. The van der Waals surface area contributed by atoms with E-state index < -0.39 is 23.1 Å². The molecule has 3 rings (SSSR count). The first-order valence-electron chi connectivity index (χ1n) is 10.3. The second-order valence-corrected chi connectivity index (χ2v) is 9.30. The Morgan fingerprint density at radius 2 is 1.72 bits per heavy atom. The van der Waals surface area contributed by atoms with Gasteiger partial charge in [-0.1, -0.05) is 23.2 Å². The summed E-state index contributed by atoms with van der Waals surface area (Å²) in [6.45, 7) is 5.21. The molecule has 0 unspecified atom stereocenters. The number of amides is 2. The maximum absolute atomic E-state index is 13.0. The maximum atomic E-state index is 13.0. The second-order valence-electron chi connectivity index (χ2n) is 8.52. The Hall–Kier alpha value is -2.42. The van der Waals surface area contributed by atoms with Gasteiger partial charge in [-0.15, -0.1) is 0 Å². The highest BCUT2D eigenvalue weighted by Crippen LogP contribution is 2.29. The molecule has 172 valence electrons. The zero-order valence-electron chi connectivity index (χ0n) is 18.4. The molecule has 2 amide bonds. The Morgan fingerprint density at radius 3 is 2.28 bits per heavy atom. The minimum atomic E-state index is -0.729. The van der Waals surface area contributed by atoms with Gasteiger partial charge in [-0.3, -0.25) is 14.4 Å². The Bertz CT molecular complexity index is 1070. The number of anilines is 1. The van der Waals surface area contributed by atoms with Crippen LogP contribution in [0.25, 0.3) is 0 Å². The van der Waals surface area contributed by atoms with Crippen LogP contribution in [0.2, 0.25) is 10.3 Å². The normalized spacial score (nSPS) is 20.7. The number of ketones is 1. The molecule has 0 spiro atoms. The third kappa shape index (κ3) is 4.98. The lowest BCUT2D eigenvalue weighted by Gasteiger charge is -2.36. The van der Waals surface area contributed by atoms with Crippen molar-refractivity contribution in [3.63, 3.8) is 0 Å². The Morgan fingerprint density at radius 1 is 1.16 bits per heavy atom. The number of carbonyl (C=O) groups is 3. The number of aliphatic hydroxyl groups is 1. The van der Waals surface area contributed by atoms with Crippen LogP contribution in [0.15, 0.2) is 12.1 Å². The van der Waals surface area contributed by atoms with E-state index in [1.54, 1.807) is 25.5 Å². The molecule has 0 aromatic carbocycles. The van der Waals surface area contributed by atoms with Gasteiger partial charge in [-0.2, -0.15) is 0 Å². The van der Waals surface area contributed by atoms with E-state index in [1.807, 2.05) is 6.92 Å². The van der Waals surface area contributed by atoms with Crippen LogP contribution in [0.3, 0.4) is 0 Å². The highest BCUT2D eigenvalue weighted by Gasteiger charge is 2.35. The Balaban J connectivity index is 1.84. The predicted molar refractivity (Wildman–Crippen MR) is 122 cm³/mol. The van der Waals surface area contributed by atoms with Gasteiger partial charge < -0.3 is 20.3 Å². The second kappa shape index (κ2) is 9.21. The molecular weight excluding hydrogens is 455 g/mol. The number of Topliss-reactive ketones (excluding diaryl/α,β-unsaturated/α-hetero) is 1. The summed E-state index contributed by atoms with van der Waals surface area (Å²) in [6, 6.07) is 2.92. The van der Waals surface area contributed by atoms with Crippen molar-refractivity contribution in [2.24, 2.45) is 7.05 Å². The fourth-order valence-electron chi connectivity index (χ4n) is 4.17. The molecule has 10 heteroatoms. The number of rotatable bonds is 5. The van der Waals surface area contributed by atoms with Crippen LogP contribution in [0.1, 0.15) is 64.7 Å².